The first kappa shape index (κ1) is 8.49. The first-order valence-electron chi connectivity index (χ1n) is 4.55. The maximum absolute atomic E-state index is 11.0. The van der Waals surface area contributed by atoms with Gasteiger partial charge in [0.05, 0.1) is 4.88 Å². The second-order valence-electron chi connectivity index (χ2n) is 3.42. The minimum absolute atomic E-state index is 0.371. The van der Waals surface area contributed by atoms with Crippen LogP contribution >= 0.6 is 11.3 Å². The highest BCUT2D eigenvalue weighted by atomic mass is 32.1. The number of nitrogens with one attached hydrogen (secondary N) is 1. The van der Waals surface area contributed by atoms with Crippen molar-refractivity contribution in [3.05, 3.63) is 35.2 Å². The van der Waals surface area contributed by atoms with Crippen LogP contribution in [0.25, 0.3) is 21.5 Å². The second-order valence-corrected chi connectivity index (χ2v) is 4.48. The first-order valence-corrected chi connectivity index (χ1v) is 5.37. The van der Waals surface area contributed by atoms with Crippen molar-refractivity contribution in [3.8, 4) is 11.3 Å². The van der Waals surface area contributed by atoms with Crippen molar-refractivity contribution in [2.24, 2.45) is 5.73 Å². The number of thiophene rings is 1. The Hall–Kier alpha value is -1.81. The molecule has 2 heterocycles. The molecule has 0 fully saturated rings. The summed E-state index contributed by atoms with van der Waals surface area (Å²) >= 11 is 1.39. The first-order chi connectivity index (χ1) is 7.24. The number of hydrogen-bond acceptors (Lipinski definition) is 2. The third kappa shape index (κ3) is 1.22. The van der Waals surface area contributed by atoms with Crippen molar-refractivity contribution in [1.29, 1.82) is 0 Å². The van der Waals surface area contributed by atoms with Crippen LogP contribution < -0.4 is 5.73 Å². The van der Waals surface area contributed by atoms with Gasteiger partial charge in [-0.1, -0.05) is 12.1 Å². The molecule has 15 heavy (non-hydrogen) atoms. The fourth-order valence-corrected chi connectivity index (χ4v) is 2.60. The van der Waals surface area contributed by atoms with Gasteiger partial charge in [-0.2, -0.15) is 0 Å². The van der Waals surface area contributed by atoms with Crippen LogP contribution in [0.1, 0.15) is 9.67 Å². The van der Waals surface area contributed by atoms with Gasteiger partial charge in [-0.3, -0.25) is 4.79 Å². The number of carbonyl (C=O) groups excluding carboxylic acids is 1. The second kappa shape index (κ2) is 2.84. The molecule has 0 spiro atoms. The molecule has 0 bridgehead atoms. The Bertz CT molecular complexity index is 578. The minimum Gasteiger partial charge on any atom is -0.365 e. The summed E-state index contributed by atoms with van der Waals surface area (Å²) in [6.45, 7) is 0. The van der Waals surface area contributed by atoms with E-state index in [1.807, 2.05) is 24.3 Å². The molecule has 0 atom stereocenters. The van der Waals surface area contributed by atoms with Gasteiger partial charge in [0, 0.05) is 11.1 Å². The molecule has 4 heteroatoms. The average molecular weight is 216 g/mol. The Kier molecular flexibility index (Phi) is 1.61. The highest BCUT2D eigenvalue weighted by molar-refractivity contribution is 7.20. The van der Waals surface area contributed by atoms with Crippen LogP contribution in [0.2, 0.25) is 0 Å². The van der Waals surface area contributed by atoms with Crippen LogP contribution in [-0.2, 0) is 0 Å². The average Bonchev–Trinajstić information content (AvgIpc) is 2.77. The number of primary amides is 1. The molecule has 0 radical (unpaired) electrons. The van der Waals surface area contributed by atoms with Crippen molar-refractivity contribution in [2.75, 3.05) is 0 Å². The Balaban J connectivity index is 2.36. The van der Waals surface area contributed by atoms with Gasteiger partial charge in [0.1, 0.15) is 4.83 Å². The lowest BCUT2D eigenvalue weighted by atomic mass is 10.2. The van der Waals surface area contributed by atoms with Gasteiger partial charge in [-0.15, -0.1) is 11.3 Å². The lowest BCUT2D eigenvalue weighted by molar-refractivity contribution is 0.100. The number of amides is 1. The monoisotopic (exact) mass is 216 g/mol. The Morgan fingerprint density at radius 3 is 3.00 bits per heavy atom. The van der Waals surface area contributed by atoms with E-state index in [0.29, 0.717) is 4.88 Å². The maximum atomic E-state index is 11.0. The van der Waals surface area contributed by atoms with Gasteiger partial charge in [0.2, 0.25) is 0 Å². The Morgan fingerprint density at radius 1 is 1.33 bits per heavy atom. The molecule has 1 aromatic heterocycles. The molecule has 1 amide bonds. The molecule has 3 nitrogen and oxygen atoms in total. The van der Waals surface area contributed by atoms with Gasteiger partial charge in [0.15, 0.2) is 0 Å². The van der Waals surface area contributed by atoms with Crippen molar-refractivity contribution in [3.63, 3.8) is 0 Å². The lowest BCUT2D eigenvalue weighted by Gasteiger charge is -1.98. The number of nitrogens with two attached hydrogens (primary N) is 1. The summed E-state index contributed by atoms with van der Waals surface area (Å²) in [6, 6.07) is 9.93. The summed E-state index contributed by atoms with van der Waals surface area (Å²) in [5.41, 5.74) is 7.47. The standard InChI is InChI=1S/C11H8N2OS/c12-10(14)9-5-7-4-6-2-1-3-8(6)13-11(7)15-9/h1-5,13H,(H2,12,14). The predicted molar refractivity (Wildman–Crippen MR) is 61.3 cm³/mol. The van der Waals surface area contributed by atoms with Crippen molar-refractivity contribution < 1.29 is 4.79 Å². The van der Waals surface area contributed by atoms with E-state index in [2.05, 4.69) is 11.1 Å². The number of aromatic amines is 1. The predicted octanol–water partition coefficient (Wildman–Crippen LogP) is 2.43. The molecule has 0 aromatic carbocycles. The molecular formula is C11H8N2OS. The number of carbonyl (C=O) groups is 1. The number of aromatic nitrogens is 1. The number of fused-ring (bicyclic) bond motifs is 2. The van der Waals surface area contributed by atoms with Crippen LogP contribution in [0.5, 0.6) is 0 Å². The summed E-state index contributed by atoms with van der Waals surface area (Å²) in [6.07, 6.45) is 0. The van der Waals surface area contributed by atoms with Gasteiger partial charge in [-0.25, -0.2) is 0 Å². The van der Waals surface area contributed by atoms with E-state index >= 15 is 0 Å². The Labute approximate surface area is 89.9 Å². The third-order valence-electron chi connectivity index (χ3n) is 2.41. The van der Waals surface area contributed by atoms with Gasteiger partial charge >= 0.3 is 0 Å². The lowest BCUT2D eigenvalue weighted by Crippen LogP contribution is -2.07. The van der Waals surface area contributed by atoms with Crippen LogP contribution in [0.3, 0.4) is 0 Å². The van der Waals surface area contributed by atoms with Gasteiger partial charge in [-0.05, 0) is 23.8 Å². The van der Waals surface area contributed by atoms with E-state index in [-0.39, 0.29) is 5.91 Å². The SMILES string of the molecule is NC(=O)c1cc2cc3cccc-3[nH]c2s1. The molecule has 1 aromatic rings. The molecule has 1 aliphatic carbocycles. The topological polar surface area (TPSA) is 58.9 Å². The molecule has 2 aliphatic rings. The summed E-state index contributed by atoms with van der Waals surface area (Å²) in [5, 5.41) is 1.03. The Morgan fingerprint density at radius 2 is 2.20 bits per heavy atom. The molecule has 0 saturated heterocycles. The summed E-state index contributed by atoms with van der Waals surface area (Å²) in [7, 11) is 0. The number of hydrogen-bond donors (Lipinski definition) is 2. The fourth-order valence-electron chi connectivity index (χ4n) is 1.70. The molecule has 3 rings (SSSR count). The smallest absolute Gasteiger partial charge is 0.258 e. The van der Waals surface area contributed by atoms with Crippen LogP contribution in [0.4, 0.5) is 0 Å². The minimum atomic E-state index is -0.371. The van der Waals surface area contributed by atoms with E-state index < -0.39 is 0 Å². The zero-order valence-electron chi connectivity index (χ0n) is 7.78. The van der Waals surface area contributed by atoms with E-state index in [1.165, 1.54) is 11.3 Å². The van der Waals surface area contributed by atoms with Crippen molar-refractivity contribution >= 4 is 27.5 Å². The zero-order valence-corrected chi connectivity index (χ0v) is 8.60. The van der Waals surface area contributed by atoms with E-state index in [9.17, 15) is 4.79 Å². The maximum Gasteiger partial charge on any atom is 0.258 e. The molecule has 1 aliphatic heterocycles. The normalized spacial score (nSPS) is 11.2. The number of rotatable bonds is 1. The van der Waals surface area contributed by atoms with Crippen molar-refractivity contribution in [1.82, 2.24) is 4.98 Å². The summed E-state index contributed by atoms with van der Waals surface area (Å²) < 4.78 is 0. The van der Waals surface area contributed by atoms with Crippen molar-refractivity contribution in [2.45, 2.75) is 0 Å². The van der Waals surface area contributed by atoms with Crippen LogP contribution in [0, 0.1) is 0 Å². The summed E-state index contributed by atoms with van der Waals surface area (Å²) in [5.74, 6) is -0.371. The molecule has 74 valence electrons. The molecule has 3 N–H and O–H groups in total. The largest absolute Gasteiger partial charge is 0.365 e. The van der Waals surface area contributed by atoms with Crippen LogP contribution in [-0.4, -0.2) is 10.9 Å². The molecule has 0 saturated carbocycles. The van der Waals surface area contributed by atoms with Gasteiger partial charge < -0.3 is 10.7 Å². The molecule has 0 unspecified atom stereocenters. The summed E-state index contributed by atoms with van der Waals surface area (Å²) in [4.78, 5) is 15.9. The zero-order chi connectivity index (χ0) is 10.4. The molecular weight excluding hydrogens is 208 g/mol. The highest BCUT2D eigenvalue weighted by Crippen LogP contribution is 2.30. The number of H-pyrrole nitrogens is 1. The van der Waals surface area contributed by atoms with E-state index in [4.69, 9.17) is 5.73 Å². The van der Waals surface area contributed by atoms with E-state index in [1.54, 1.807) is 0 Å². The quantitative estimate of drug-likeness (QED) is 0.644. The highest BCUT2D eigenvalue weighted by Gasteiger charge is 2.10. The third-order valence-corrected chi connectivity index (χ3v) is 3.49. The fraction of sp³-hybridized carbons (Fsp3) is 0. The van der Waals surface area contributed by atoms with Crippen LogP contribution in [0.15, 0.2) is 30.3 Å². The number of pyridine rings is 1. The van der Waals surface area contributed by atoms with Gasteiger partial charge in [0.25, 0.3) is 5.91 Å². The van der Waals surface area contributed by atoms with E-state index in [0.717, 1.165) is 21.5 Å².